The van der Waals surface area contributed by atoms with E-state index in [0.29, 0.717) is 31.8 Å². The molecule has 4 nitrogen and oxygen atoms in total. The molecule has 1 atom stereocenters. The highest BCUT2D eigenvalue weighted by molar-refractivity contribution is 5.82. The van der Waals surface area contributed by atoms with E-state index in [1.54, 1.807) is 6.92 Å². The van der Waals surface area contributed by atoms with Crippen LogP contribution in [-0.2, 0) is 19.1 Å². The zero-order valence-electron chi connectivity index (χ0n) is 15.9. The highest BCUT2D eigenvalue weighted by atomic mass is 16.6. The van der Waals surface area contributed by atoms with Crippen LogP contribution in [0.5, 0.6) is 0 Å². The van der Waals surface area contributed by atoms with Crippen LogP contribution in [0.1, 0.15) is 86.5 Å². The predicted octanol–water partition coefficient (Wildman–Crippen LogP) is 4.69. The van der Waals surface area contributed by atoms with E-state index in [0.717, 1.165) is 25.7 Å². The quantitative estimate of drug-likeness (QED) is 0.460. The first kappa shape index (κ1) is 22.1. The van der Waals surface area contributed by atoms with Crippen molar-refractivity contribution >= 4 is 11.8 Å². The van der Waals surface area contributed by atoms with Gasteiger partial charge < -0.3 is 9.47 Å². The van der Waals surface area contributed by atoms with Gasteiger partial charge in [-0.2, -0.15) is 0 Å². The fourth-order valence-corrected chi connectivity index (χ4v) is 2.19. The molecule has 1 unspecified atom stereocenters. The van der Waals surface area contributed by atoms with Crippen LogP contribution < -0.4 is 0 Å². The van der Waals surface area contributed by atoms with Gasteiger partial charge in [0.15, 0.2) is 5.78 Å². The number of carbonyl (C=O) groups excluding carboxylic acids is 2. The summed E-state index contributed by atoms with van der Waals surface area (Å²) >= 11 is 0. The molecule has 0 aliphatic heterocycles. The minimum absolute atomic E-state index is 0.148. The SMILES string of the molecule is CCCCC(=O)C(C)OCCC(C)(C)OC(=O)CCCC(C)C. The van der Waals surface area contributed by atoms with E-state index in [1.807, 2.05) is 13.8 Å². The van der Waals surface area contributed by atoms with Crippen molar-refractivity contribution in [3.05, 3.63) is 0 Å². The average molecular weight is 328 g/mol. The Hall–Kier alpha value is -0.900. The van der Waals surface area contributed by atoms with Crippen molar-refractivity contribution in [3.8, 4) is 0 Å². The van der Waals surface area contributed by atoms with Crippen LogP contribution >= 0.6 is 0 Å². The summed E-state index contributed by atoms with van der Waals surface area (Å²) < 4.78 is 11.1. The van der Waals surface area contributed by atoms with Gasteiger partial charge in [-0.3, -0.25) is 9.59 Å². The predicted molar refractivity (Wildman–Crippen MR) is 93.4 cm³/mol. The van der Waals surface area contributed by atoms with E-state index in [-0.39, 0.29) is 17.9 Å². The lowest BCUT2D eigenvalue weighted by Crippen LogP contribution is -2.31. The molecule has 0 fully saturated rings. The first-order valence-corrected chi connectivity index (χ1v) is 9.04. The Labute approximate surface area is 142 Å². The van der Waals surface area contributed by atoms with Gasteiger partial charge >= 0.3 is 5.97 Å². The molecule has 0 N–H and O–H groups in total. The monoisotopic (exact) mass is 328 g/mol. The van der Waals surface area contributed by atoms with Crippen molar-refractivity contribution in [2.45, 2.75) is 98.2 Å². The van der Waals surface area contributed by atoms with E-state index in [4.69, 9.17) is 9.47 Å². The number of unbranched alkanes of at least 4 members (excludes halogenated alkanes) is 1. The van der Waals surface area contributed by atoms with Gasteiger partial charge in [-0.25, -0.2) is 0 Å². The molecule has 0 bridgehead atoms. The fourth-order valence-electron chi connectivity index (χ4n) is 2.19. The molecule has 0 aromatic heterocycles. The lowest BCUT2D eigenvalue weighted by molar-refractivity contribution is -0.159. The van der Waals surface area contributed by atoms with Crippen molar-refractivity contribution < 1.29 is 19.1 Å². The summed E-state index contributed by atoms with van der Waals surface area (Å²) in [6, 6.07) is 0. The average Bonchev–Trinajstić information content (AvgIpc) is 2.43. The minimum Gasteiger partial charge on any atom is -0.460 e. The molecule has 0 saturated heterocycles. The molecule has 0 aliphatic rings. The summed E-state index contributed by atoms with van der Waals surface area (Å²) in [5.41, 5.74) is -0.554. The molecule has 4 heteroatoms. The standard InChI is InChI=1S/C19H36O4/c1-7-8-11-17(20)16(4)22-14-13-19(5,6)23-18(21)12-9-10-15(2)3/h15-16H,7-14H2,1-6H3. The molecular weight excluding hydrogens is 292 g/mol. The van der Waals surface area contributed by atoms with Crippen molar-refractivity contribution in [1.82, 2.24) is 0 Å². The number of esters is 1. The minimum atomic E-state index is -0.554. The molecule has 0 saturated carbocycles. The number of Topliss-reactive ketones (excluding diaryl/α,β-unsaturated/α-hetero) is 1. The molecule has 0 amide bonds. The van der Waals surface area contributed by atoms with Crippen LogP contribution in [0.25, 0.3) is 0 Å². The third kappa shape index (κ3) is 12.2. The maximum Gasteiger partial charge on any atom is 0.306 e. The Balaban J connectivity index is 3.98. The van der Waals surface area contributed by atoms with Gasteiger partial charge in [0.2, 0.25) is 0 Å². The summed E-state index contributed by atoms with van der Waals surface area (Å²) in [7, 11) is 0. The number of ketones is 1. The number of hydrogen-bond donors (Lipinski definition) is 0. The lowest BCUT2D eigenvalue weighted by atomic mass is 10.0. The Kier molecular flexibility index (Phi) is 11.2. The normalized spacial score (nSPS) is 13.2. The summed E-state index contributed by atoms with van der Waals surface area (Å²) in [6.07, 6.45) is 5.08. The van der Waals surface area contributed by atoms with Crippen molar-refractivity contribution in [2.75, 3.05) is 6.61 Å². The summed E-state index contributed by atoms with van der Waals surface area (Å²) in [5.74, 6) is 0.606. The number of rotatable bonds is 13. The van der Waals surface area contributed by atoms with Gasteiger partial charge in [-0.05, 0) is 39.5 Å². The topological polar surface area (TPSA) is 52.6 Å². The number of hydrogen-bond acceptors (Lipinski definition) is 4. The molecular formula is C19H36O4. The lowest BCUT2D eigenvalue weighted by Gasteiger charge is -2.26. The summed E-state index contributed by atoms with van der Waals surface area (Å²) in [5, 5.41) is 0. The van der Waals surface area contributed by atoms with Crippen LogP contribution in [0, 0.1) is 5.92 Å². The summed E-state index contributed by atoms with van der Waals surface area (Å²) in [4.78, 5) is 23.6. The second kappa shape index (κ2) is 11.6. The molecule has 0 heterocycles. The van der Waals surface area contributed by atoms with Gasteiger partial charge in [-0.15, -0.1) is 0 Å². The van der Waals surface area contributed by atoms with Gasteiger partial charge in [-0.1, -0.05) is 33.6 Å². The van der Waals surface area contributed by atoms with Crippen LogP contribution in [-0.4, -0.2) is 30.1 Å². The Bertz CT molecular complexity index is 347. The van der Waals surface area contributed by atoms with Crippen LogP contribution in [0.4, 0.5) is 0 Å². The van der Waals surface area contributed by atoms with Crippen molar-refractivity contribution in [3.63, 3.8) is 0 Å². The largest absolute Gasteiger partial charge is 0.460 e. The zero-order valence-corrected chi connectivity index (χ0v) is 15.9. The molecule has 0 spiro atoms. The van der Waals surface area contributed by atoms with Gasteiger partial charge in [0, 0.05) is 19.3 Å². The Morgan fingerprint density at radius 1 is 1.04 bits per heavy atom. The number of carbonyl (C=O) groups is 2. The smallest absolute Gasteiger partial charge is 0.306 e. The van der Waals surface area contributed by atoms with Crippen LogP contribution in [0.2, 0.25) is 0 Å². The van der Waals surface area contributed by atoms with Crippen LogP contribution in [0.15, 0.2) is 0 Å². The first-order chi connectivity index (χ1) is 10.7. The van der Waals surface area contributed by atoms with E-state index in [2.05, 4.69) is 20.8 Å². The maximum absolute atomic E-state index is 11.8. The zero-order chi connectivity index (χ0) is 17.9. The Morgan fingerprint density at radius 3 is 2.26 bits per heavy atom. The first-order valence-electron chi connectivity index (χ1n) is 9.04. The molecule has 0 rings (SSSR count). The highest BCUT2D eigenvalue weighted by Crippen LogP contribution is 2.17. The Morgan fingerprint density at radius 2 is 1.70 bits per heavy atom. The van der Waals surface area contributed by atoms with E-state index in [9.17, 15) is 9.59 Å². The molecule has 0 aromatic carbocycles. The highest BCUT2D eigenvalue weighted by Gasteiger charge is 2.23. The second-order valence-corrected chi connectivity index (χ2v) is 7.35. The maximum atomic E-state index is 11.8. The second-order valence-electron chi connectivity index (χ2n) is 7.35. The number of ether oxygens (including phenoxy) is 2. The van der Waals surface area contributed by atoms with E-state index < -0.39 is 5.60 Å². The molecule has 0 aliphatic carbocycles. The van der Waals surface area contributed by atoms with E-state index >= 15 is 0 Å². The molecule has 0 aromatic rings. The fraction of sp³-hybridized carbons (Fsp3) is 0.895. The van der Waals surface area contributed by atoms with E-state index in [1.165, 1.54) is 0 Å². The van der Waals surface area contributed by atoms with Crippen molar-refractivity contribution in [2.24, 2.45) is 5.92 Å². The van der Waals surface area contributed by atoms with Crippen LogP contribution in [0.3, 0.4) is 0 Å². The molecule has 23 heavy (non-hydrogen) atoms. The molecule has 0 radical (unpaired) electrons. The van der Waals surface area contributed by atoms with Crippen molar-refractivity contribution in [1.29, 1.82) is 0 Å². The van der Waals surface area contributed by atoms with Gasteiger partial charge in [0.05, 0.1) is 6.61 Å². The third-order valence-electron chi connectivity index (χ3n) is 3.85. The molecule has 136 valence electrons. The third-order valence-corrected chi connectivity index (χ3v) is 3.85. The summed E-state index contributed by atoms with van der Waals surface area (Å²) in [6.45, 7) is 12.4. The van der Waals surface area contributed by atoms with Gasteiger partial charge in [0.25, 0.3) is 0 Å². The van der Waals surface area contributed by atoms with Gasteiger partial charge in [0.1, 0.15) is 11.7 Å².